The van der Waals surface area contributed by atoms with Gasteiger partial charge in [-0.2, -0.15) is 0 Å². The van der Waals surface area contributed by atoms with Gasteiger partial charge < -0.3 is 14.8 Å². The second-order valence-corrected chi connectivity index (χ2v) is 9.59. The second kappa shape index (κ2) is 9.85. The molecule has 1 amide bonds. The highest BCUT2D eigenvalue weighted by Gasteiger charge is 2.25. The van der Waals surface area contributed by atoms with Crippen molar-refractivity contribution in [1.82, 2.24) is 14.8 Å². The monoisotopic (exact) mass is 474 g/mol. The predicted molar refractivity (Wildman–Crippen MR) is 135 cm³/mol. The Hall–Kier alpha value is -3.75. The Balaban J connectivity index is 1.32. The maximum Gasteiger partial charge on any atom is 0.293 e. The first-order chi connectivity index (χ1) is 17.0. The normalized spacial score (nSPS) is 18.0. The molecule has 2 aliphatic heterocycles. The van der Waals surface area contributed by atoms with Gasteiger partial charge in [-0.15, -0.1) is 10.2 Å². The summed E-state index contributed by atoms with van der Waals surface area (Å²) >= 11 is 0. The number of nitro benzene ring substituents is 1. The number of nitrogens with one attached hydrogen (secondary N) is 1. The molecular formula is C26H30N6O3. The zero-order valence-corrected chi connectivity index (χ0v) is 19.9. The summed E-state index contributed by atoms with van der Waals surface area (Å²) in [7, 11) is 0. The lowest BCUT2D eigenvalue weighted by Gasteiger charge is -2.32. The number of rotatable bonds is 5. The molecule has 1 atom stereocenters. The highest BCUT2D eigenvalue weighted by molar-refractivity contribution is 6.05. The van der Waals surface area contributed by atoms with E-state index in [9.17, 15) is 14.9 Å². The fourth-order valence-corrected chi connectivity index (χ4v) is 5.09. The number of hydrogen-bond acceptors (Lipinski definition) is 6. The maximum atomic E-state index is 12.9. The van der Waals surface area contributed by atoms with E-state index in [0.717, 1.165) is 69.0 Å². The Morgan fingerprint density at radius 3 is 2.66 bits per heavy atom. The second-order valence-electron chi connectivity index (χ2n) is 9.59. The molecule has 1 aromatic heterocycles. The molecule has 1 fully saturated rings. The lowest BCUT2D eigenvalue weighted by molar-refractivity contribution is -0.384. The molecular weight excluding hydrogens is 444 g/mol. The summed E-state index contributed by atoms with van der Waals surface area (Å²) in [5.41, 5.74) is 2.37. The van der Waals surface area contributed by atoms with Gasteiger partial charge in [0.15, 0.2) is 5.82 Å². The van der Waals surface area contributed by atoms with Crippen LogP contribution < -0.4 is 10.2 Å². The van der Waals surface area contributed by atoms with Gasteiger partial charge in [0.05, 0.1) is 4.92 Å². The van der Waals surface area contributed by atoms with Crippen molar-refractivity contribution in [2.45, 2.75) is 52.0 Å². The summed E-state index contributed by atoms with van der Waals surface area (Å²) in [6, 6.07) is 12.2. The molecule has 9 nitrogen and oxygen atoms in total. The zero-order chi connectivity index (χ0) is 24.4. The molecule has 0 bridgehead atoms. The average Bonchev–Trinajstić information content (AvgIpc) is 3.12. The predicted octanol–water partition coefficient (Wildman–Crippen LogP) is 5.07. The number of aryl methyl sites for hydroxylation is 1. The molecule has 1 unspecified atom stereocenters. The van der Waals surface area contributed by atoms with Crippen LogP contribution in [0.25, 0.3) is 11.4 Å². The molecule has 9 heteroatoms. The van der Waals surface area contributed by atoms with Crippen LogP contribution in [0.4, 0.5) is 17.1 Å². The Kier molecular flexibility index (Phi) is 6.48. The van der Waals surface area contributed by atoms with Crippen molar-refractivity contribution in [3.63, 3.8) is 0 Å². The van der Waals surface area contributed by atoms with Crippen LogP contribution >= 0.6 is 0 Å². The topological polar surface area (TPSA) is 106 Å². The van der Waals surface area contributed by atoms with E-state index in [4.69, 9.17) is 0 Å². The lowest BCUT2D eigenvalue weighted by Crippen LogP contribution is -2.34. The highest BCUT2D eigenvalue weighted by Crippen LogP contribution is 2.33. The number of anilines is 2. The SMILES string of the molecule is CC1CCCN(c2ccc(C(=O)Nc3ccc(-c4nnc5n4CCCCC5)cc3)cc2[N+](=O)[O-])C1. The standard InChI is InChI=1S/C26H30N6O3/c1-18-6-5-14-30(17-18)22-13-10-20(16-23(22)32(34)35)26(33)27-21-11-8-19(9-12-21)25-29-28-24-7-3-2-4-15-31(24)25/h8-13,16,18H,2-7,14-15,17H2,1H3,(H,27,33). The molecule has 182 valence electrons. The molecule has 0 radical (unpaired) electrons. The lowest BCUT2D eigenvalue weighted by atomic mass is 9.99. The van der Waals surface area contributed by atoms with Gasteiger partial charge in [0.2, 0.25) is 0 Å². The van der Waals surface area contributed by atoms with Crippen molar-refractivity contribution in [3.8, 4) is 11.4 Å². The highest BCUT2D eigenvalue weighted by atomic mass is 16.6. The van der Waals surface area contributed by atoms with Gasteiger partial charge in [-0.3, -0.25) is 14.9 Å². The number of aromatic nitrogens is 3. The maximum absolute atomic E-state index is 12.9. The third kappa shape index (κ3) is 4.89. The molecule has 1 saturated heterocycles. The summed E-state index contributed by atoms with van der Waals surface area (Å²) in [6.45, 7) is 4.65. The number of hydrogen-bond donors (Lipinski definition) is 1. The van der Waals surface area contributed by atoms with Gasteiger partial charge in [0, 0.05) is 48.9 Å². The molecule has 35 heavy (non-hydrogen) atoms. The summed E-state index contributed by atoms with van der Waals surface area (Å²) in [5.74, 6) is 1.98. The van der Waals surface area contributed by atoms with Crippen molar-refractivity contribution >= 4 is 23.0 Å². The Morgan fingerprint density at radius 1 is 1.06 bits per heavy atom. The van der Waals surface area contributed by atoms with Crippen molar-refractivity contribution in [1.29, 1.82) is 0 Å². The van der Waals surface area contributed by atoms with Crippen LogP contribution in [-0.4, -0.2) is 38.7 Å². The van der Waals surface area contributed by atoms with Crippen LogP contribution in [-0.2, 0) is 13.0 Å². The number of nitrogens with zero attached hydrogens (tertiary/aromatic N) is 5. The Labute approximate surface area is 204 Å². The van der Waals surface area contributed by atoms with E-state index in [1.165, 1.54) is 12.5 Å². The minimum Gasteiger partial charge on any atom is -0.366 e. The summed E-state index contributed by atoms with van der Waals surface area (Å²) in [5, 5.41) is 23.4. The van der Waals surface area contributed by atoms with Gasteiger partial charge in [-0.1, -0.05) is 13.3 Å². The minimum atomic E-state index is -0.401. The number of carbonyl (C=O) groups excluding carboxylic acids is 1. The van der Waals surface area contributed by atoms with Crippen molar-refractivity contribution in [3.05, 3.63) is 64.0 Å². The Morgan fingerprint density at radius 2 is 1.89 bits per heavy atom. The molecule has 1 N–H and O–H groups in total. The van der Waals surface area contributed by atoms with Crippen molar-refractivity contribution < 1.29 is 9.72 Å². The quantitative estimate of drug-likeness (QED) is 0.409. The molecule has 2 aliphatic rings. The van der Waals surface area contributed by atoms with E-state index < -0.39 is 4.92 Å². The van der Waals surface area contributed by atoms with Gasteiger partial charge in [-0.05, 0) is 68.0 Å². The number of nitro groups is 1. The molecule has 5 rings (SSSR count). The Bertz CT molecular complexity index is 1240. The van der Waals surface area contributed by atoms with Crippen LogP contribution in [0.15, 0.2) is 42.5 Å². The first-order valence-electron chi connectivity index (χ1n) is 12.4. The van der Waals surface area contributed by atoms with E-state index in [1.54, 1.807) is 12.1 Å². The summed E-state index contributed by atoms with van der Waals surface area (Å²) < 4.78 is 2.18. The van der Waals surface area contributed by atoms with Crippen LogP contribution in [0.1, 0.15) is 55.2 Å². The molecule has 2 aromatic carbocycles. The van der Waals surface area contributed by atoms with E-state index in [-0.39, 0.29) is 17.2 Å². The van der Waals surface area contributed by atoms with Crippen molar-refractivity contribution in [2.75, 3.05) is 23.3 Å². The first kappa shape index (κ1) is 23.0. The van der Waals surface area contributed by atoms with Crippen LogP contribution in [0.5, 0.6) is 0 Å². The number of carbonyl (C=O) groups is 1. The van der Waals surface area contributed by atoms with E-state index >= 15 is 0 Å². The van der Waals surface area contributed by atoms with Gasteiger partial charge in [0.25, 0.3) is 11.6 Å². The molecule has 0 spiro atoms. The first-order valence-corrected chi connectivity index (χ1v) is 12.4. The molecule has 3 heterocycles. The van der Waals surface area contributed by atoms with Crippen LogP contribution in [0.2, 0.25) is 0 Å². The number of amides is 1. The van der Waals surface area contributed by atoms with Gasteiger partial charge >= 0.3 is 0 Å². The smallest absolute Gasteiger partial charge is 0.293 e. The summed E-state index contributed by atoms with van der Waals surface area (Å²) in [4.78, 5) is 26.3. The van der Waals surface area contributed by atoms with Gasteiger partial charge in [0.1, 0.15) is 11.5 Å². The van der Waals surface area contributed by atoms with E-state index in [1.807, 2.05) is 24.3 Å². The molecule has 0 saturated carbocycles. The van der Waals surface area contributed by atoms with Gasteiger partial charge in [-0.25, -0.2) is 0 Å². The summed E-state index contributed by atoms with van der Waals surface area (Å²) in [6.07, 6.45) is 6.54. The minimum absolute atomic E-state index is 0.0328. The number of piperidine rings is 1. The van der Waals surface area contributed by atoms with Crippen LogP contribution in [0, 0.1) is 16.0 Å². The molecule has 3 aromatic rings. The molecule has 0 aliphatic carbocycles. The average molecular weight is 475 g/mol. The van der Waals surface area contributed by atoms with E-state index in [2.05, 4.69) is 31.9 Å². The zero-order valence-electron chi connectivity index (χ0n) is 19.9. The fraction of sp³-hybridized carbons (Fsp3) is 0.423. The third-order valence-electron chi connectivity index (χ3n) is 6.94. The number of fused-ring (bicyclic) bond motifs is 1. The van der Waals surface area contributed by atoms with E-state index in [0.29, 0.717) is 17.3 Å². The third-order valence-corrected chi connectivity index (χ3v) is 6.94. The number of benzene rings is 2. The largest absolute Gasteiger partial charge is 0.366 e. The fourth-order valence-electron chi connectivity index (χ4n) is 5.09. The van der Waals surface area contributed by atoms with Crippen molar-refractivity contribution in [2.24, 2.45) is 5.92 Å². The van der Waals surface area contributed by atoms with Crippen LogP contribution in [0.3, 0.4) is 0 Å².